The molecule has 38 heavy (non-hydrogen) atoms. The van der Waals surface area contributed by atoms with Crippen molar-refractivity contribution in [2.45, 2.75) is 52.2 Å². The Kier molecular flexibility index (Phi) is 7.02. The van der Waals surface area contributed by atoms with E-state index in [0.29, 0.717) is 53.1 Å². The largest absolute Gasteiger partial charge is 0.449 e. The van der Waals surface area contributed by atoms with Gasteiger partial charge in [0.15, 0.2) is 11.3 Å². The quantitative estimate of drug-likeness (QED) is 0.329. The Balaban J connectivity index is 1.76. The number of ketones is 1. The molecule has 200 valence electrons. The summed E-state index contributed by atoms with van der Waals surface area (Å²) in [5.41, 5.74) is 3.23. The van der Waals surface area contributed by atoms with Crippen LogP contribution in [0.1, 0.15) is 54.9 Å². The minimum absolute atomic E-state index is 0.00401. The number of carbonyl (C=O) groups is 2. The molecular formula is C27H32N6O5. The number of rotatable bonds is 7. The van der Waals surface area contributed by atoms with Crippen molar-refractivity contribution >= 4 is 28.5 Å². The Bertz CT molecular complexity index is 1480. The van der Waals surface area contributed by atoms with E-state index in [1.165, 1.54) is 6.20 Å². The zero-order valence-electron chi connectivity index (χ0n) is 22.3. The number of furan rings is 1. The van der Waals surface area contributed by atoms with E-state index in [9.17, 15) is 9.59 Å². The predicted molar refractivity (Wildman–Crippen MR) is 140 cm³/mol. The van der Waals surface area contributed by atoms with Gasteiger partial charge in [-0.3, -0.25) is 19.1 Å². The molecule has 11 heteroatoms. The van der Waals surface area contributed by atoms with Gasteiger partial charge in [-0.05, 0) is 39.2 Å². The number of pyridine rings is 1. The number of nitrogens with zero attached hydrogens (tertiary/aromatic N) is 6. The number of aromatic nitrogens is 5. The molecule has 0 aliphatic carbocycles. The minimum Gasteiger partial charge on any atom is -0.449 e. The highest BCUT2D eigenvalue weighted by Crippen LogP contribution is 2.41. The Morgan fingerprint density at radius 2 is 1.92 bits per heavy atom. The Hall–Kier alpha value is -3.99. The average Bonchev–Trinajstić information content (AvgIpc) is 3.63. The number of aryl methyl sites for hydroxylation is 3. The van der Waals surface area contributed by atoms with E-state index in [1.807, 2.05) is 26.2 Å². The molecule has 0 radical (unpaired) electrons. The fourth-order valence-electron chi connectivity index (χ4n) is 5.00. The maximum Gasteiger partial charge on any atom is 0.414 e. The molecule has 0 spiro atoms. The highest BCUT2D eigenvalue weighted by Gasteiger charge is 2.38. The molecule has 4 aromatic heterocycles. The second kappa shape index (κ2) is 10.4. The van der Waals surface area contributed by atoms with Crippen LogP contribution in [0.25, 0.3) is 22.2 Å². The monoisotopic (exact) mass is 520 g/mol. The lowest BCUT2D eigenvalue weighted by atomic mass is 9.98. The van der Waals surface area contributed by atoms with E-state index in [0.717, 1.165) is 12.0 Å². The number of carbonyl (C=O) groups excluding carboxylic acids is 2. The predicted octanol–water partition coefficient (Wildman–Crippen LogP) is 4.42. The average molecular weight is 521 g/mol. The SMILES string of the molecule is CCOC(=O)N(c1c(C(=O)c2cnn(C)c2)oc2c(C)nc(-c3cnn(C)c3)cc12)C1CCOC(CC)C1. The van der Waals surface area contributed by atoms with Gasteiger partial charge in [0.2, 0.25) is 5.78 Å². The van der Waals surface area contributed by atoms with Crippen molar-refractivity contribution in [1.82, 2.24) is 24.5 Å². The first-order valence-corrected chi connectivity index (χ1v) is 12.8. The maximum atomic E-state index is 13.8. The van der Waals surface area contributed by atoms with Gasteiger partial charge in [-0.15, -0.1) is 0 Å². The summed E-state index contributed by atoms with van der Waals surface area (Å²) in [6.45, 7) is 6.34. The van der Waals surface area contributed by atoms with E-state index in [1.54, 1.807) is 40.6 Å². The molecule has 0 N–H and O–H groups in total. The molecule has 1 saturated heterocycles. The molecule has 0 bridgehead atoms. The van der Waals surface area contributed by atoms with Crippen LogP contribution < -0.4 is 4.90 Å². The van der Waals surface area contributed by atoms with Crippen LogP contribution in [0.3, 0.4) is 0 Å². The molecule has 1 aliphatic heterocycles. The van der Waals surface area contributed by atoms with Crippen molar-refractivity contribution in [2.24, 2.45) is 14.1 Å². The molecule has 1 aliphatic rings. The number of anilines is 1. The van der Waals surface area contributed by atoms with Crippen LogP contribution in [0, 0.1) is 6.92 Å². The molecule has 1 amide bonds. The third-order valence-corrected chi connectivity index (χ3v) is 6.86. The standard InChI is InChI=1S/C27H32N6O5/c1-6-20-10-19(8-9-37-20)33(27(35)36-7-2)23-21-11-22(17-12-28-31(4)14-17)30-16(3)25(21)38-26(23)24(34)18-13-29-32(5)15-18/h11-15,19-20H,6-10H2,1-5H3. The van der Waals surface area contributed by atoms with E-state index in [2.05, 4.69) is 17.1 Å². The van der Waals surface area contributed by atoms with Crippen LogP contribution in [0.2, 0.25) is 0 Å². The van der Waals surface area contributed by atoms with Crippen LogP contribution in [0.5, 0.6) is 0 Å². The van der Waals surface area contributed by atoms with E-state index in [-0.39, 0.29) is 30.3 Å². The van der Waals surface area contributed by atoms with Gasteiger partial charge in [0.25, 0.3) is 0 Å². The lowest BCUT2D eigenvalue weighted by molar-refractivity contribution is 0.00468. The van der Waals surface area contributed by atoms with Crippen LogP contribution in [0.15, 0.2) is 35.3 Å². The Morgan fingerprint density at radius 3 is 2.58 bits per heavy atom. The van der Waals surface area contributed by atoms with Crippen molar-refractivity contribution in [3.05, 3.63) is 47.9 Å². The van der Waals surface area contributed by atoms with Gasteiger partial charge in [0, 0.05) is 50.1 Å². The summed E-state index contributed by atoms with van der Waals surface area (Å²) < 4.78 is 20.9. The van der Waals surface area contributed by atoms with Gasteiger partial charge in [0.1, 0.15) is 5.69 Å². The molecular weight excluding hydrogens is 488 g/mol. The fraction of sp³-hybridized carbons (Fsp3) is 0.444. The summed E-state index contributed by atoms with van der Waals surface area (Å²) in [7, 11) is 3.57. The molecule has 5 heterocycles. The lowest BCUT2D eigenvalue weighted by Gasteiger charge is -2.36. The van der Waals surface area contributed by atoms with Gasteiger partial charge in [-0.2, -0.15) is 10.2 Å². The summed E-state index contributed by atoms with van der Waals surface area (Å²) in [4.78, 5) is 33.7. The summed E-state index contributed by atoms with van der Waals surface area (Å²) in [6, 6.07) is 1.60. The Labute approximate surface area is 220 Å². The lowest BCUT2D eigenvalue weighted by Crippen LogP contribution is -2.46. The van der Waals surface area contributed by atoms with Crippen molar-refractivity contribution in [2.75, 3.05) is 18.1 Å². The molecule has 0 aromatic carbocycles. The first-order chi connectivity index (χ1) is 18.3. The molecule has 2 atom stereocenters. The van der Waals surface area contributed by atoms with Gasteiger partial charge in [-0.25, -0.2) is 9.78 Å². The zero-order chi connectivity index (χ0) is 27.0. The van der Waals surface area contributed by atoms with Gasteiger partial charge in [0.05, 0.1) is 42.1 Å². The summed E-state index contributed by atoms with van der Waals surface area (Å²) in [5, 5.41) is 9.03. The second-order valence-electron chi connectivity index (χ2n) is 9.53. The molecule has 5 rings (SSSR count). The summed E-state index contributed by atoms with van der Waals surface area (Å²) >= 11 is 0. The smallest absolute Gasteiger partial charge is 0.414 e. The normalized spacial score (nSPS) is 17.6. The molecule has 0 saturated carbocycles. The van der Waals surface area contributed by atoms with Crippen molar-refractivity contribution in [3.63, 3.8) is 0 Å². The summed E-state index contributed by atoms with van der Waals surface area (Å²) in [5.74, 6) is -0.325. The van der Waals surface area contributed by atoms with Gasteiger partial charge < -0.3 is 13.9 Å². The number of hydrogen-bond acceptors (Lipinski definition) is 8. The van der Waals surface area contributed by atoms with Crippen LogP contribution in [-0.2, 0) is 23.6 Å². The first kappa shape index (κ1) is 25.7. The van der Waals surface area contributed by atoms with Crippen molar-refractivity contribution < 1.29 is 23.5 Å². The number of ether oxygens (including phenoxy) is 2. The van der Waals surface area contributed by atoms with Crippen LogP contribution in [-0.4, -0.2) is 61.8 Å². The van der Waals surface area contributed by atoms with Gasteiger partial charge >= 0.3 is 6.09 Å². The molecule has 4 aromatic rings. The number of amides is 1. The fourth-order valence-corrected chi connectivity index (χ4v) is 5.00. The third kappa shape index (κ3) is 4.69. The van der Waals surface area contributed by atoms with Crippen molar-refractivity contribution in [1.29, 1.82) is 0 Å². The number of fused-ring (bicyclic) bond motifs is 1. The van der Waals surface area contributed by atoms with Gasteiger partial charge in [-0.1, -0.05) is 6.92 Å². The van der Waals surface area contributed by atoms with Crippen LogP contribution in [0.4, 0.5) is 10.5 Å². The zero-order valence-corrected chi connectivity index (χ0v) is 22.3. The number of hydrogen-bond donors (Lipinski definition) is 0. The first-order valence-electron chi connectivity index (χ1n) is 12.8. The molecule has 2 unspecified atom stereocenters. The van der Waals surface area contributed by atoms with E-state index >= 15 is 0 Å². The summed E-state index contributed by atoms with van der Waals surface area (Å²) in [6.07, 6.45) is 8.19. The second-order valence-corrected chi connectivity index (χ2v) is 9.53. The molecule has 1 fully saturated rings. The van der Waals surface area contributed by atoms with E-state index in [4.69, 9.17) is 18.9 Å². The third-order valence-electron chi connectivity index (χ3n) is 6.86. The highest BCUT2D eigenvalue weighted by molar-refractivity contribution is 6.17. The minimum atomic E-state index is -0.533. The topological polar surface area (TPSA) is 118 Å². The van der Waals surface area contributed by atoms with Crippen molar-refractivity contribution in [3.8, 4) is 11.3 Å². The highest BCUT2D eigenvalue weighted by atomic mass is 16.6. The molecule has 11 nitrogen and oxygen atoms in total. The maximum absolute atomic E-state index is 13.8. The van der Waals surface area contributed by atoms with Crippen LogP contribution >= 0.6 is 0 Å². The Morgan fingerprint density at radius 1 is 1.16 bits per heavy atom. The van der Waals surface area contributed by atoms with E-state index < -0.39 is 6.09 Å².